The van der Waals surface area contributed by atoms with Gasteiger partial charge in [0, 0.05) is 38.6 Å². The first-order chi connectivity index (χ1) is 12.4. The molecule has 0 aliphatic carbocycles. The van der Waals surface area contributed by atoms with Gasteiger partial charge in [0.15, 0.2) is 0 Å². The smallest absolute Gasteiger partial charge is 0.225 e. The number of fused-ring (bicyclic) bond motifs is 1. The minimum atomic E-state index is 0.846. The minimum absolute atomic E-state index is 0.846. The molecule has 0 radical (unpaired) electrons. The summed E-state index contributed by atoms with van der Waals surface area (Å²) in [5.74, 6) is 0.846. The summed E-state index contributed by atoms with van der Waals surface area (Å²) >= 11 is 0. The Balaban J connectivity index is 1.18. The molecule has 130 valence electrons. The second-order valence-electron chi connectivity index (χ2n) is 6.37. The van der Waals surface area contributed by atoms with Gasteiger partial charge in [-0.15, -0.1) is 0 Å². The Bertz CT molecular complexity index is 760. The van der Waals surface area contributed by atoms with E-state index in [2.05, 4.69) is 30.0 Å². The lowest BCUT2D eigenvalue weighted by atomic mass is 10.2. The molecule has 0 amide bonds. The molecule has 1 aliphatic heterocycles. The number of hydrogen-bond donors (Lipinski definition) is 0. The first-order valence-corrected chi connectivity index (χ1v) is 8.93. The highest BCUT2D eigenvalue weighted by molar-refractivity contribution is 5.72. The molecule has 0 atom stereocenters. The maximum atomic E-state index is 4.51. The van der Waals surface area contributed by atoms with Crippen molar-refractivity contribution in [2.75, 3.05) is 37.6 Å². The molecular formula is C18H23N7. The van der Waals surface area contributed by atoms with Crippen LogP contribution in [0.2, 0.25) is 0 Å². The fraction of sp³-hybridized carbons (Fsp3) is 0.444. The van der Waals surface area contributed by atoms with E-state index in [1.807, 2.05) is 35.1 Å². The number of aryl methyl sites for hydroxylation is 1. The maximum absolute atomic E-state index is 4.51. The number of benzene rings is 1. The van der Waals surface area contributed by atoms with E-state index < -0.39 is 0 Å². The first-order valence-electron chi connectivity index (χ1n) is 8.93. The van der Waals surface area contributed by atoms with Crippen LogP contribution in [0.15, 0.2) is 42.7 Å². The van der Waals surface area contributed by atoms with Crippen molar-refractivity contribution >= 4 is 17.0 Å². The molecule has 4 rings (SSSR count). The largest absolute Gasteiger partial charge is 0.338 e. The third-order valence-electron chi connectivity index (χ3n) is 4.62. The van der Waals surface area contributed by atoms with Crippen LogP contribution in [-0.4, -0.2) is 62.6 Å². The van der Waals surface area contributed by atoms with Crippen molar-refractivity contribution in [1.29, 1.82) is 0 Å². The fourth-order valence-corrected chi connectivity index (χ4v) is 3.22. The zero-order valence-corrected chi connectivity index (χ0v) is 14.3. The molecule has 0 spiro atoms. The summed E-state index contributed by atoms with van der Waals surface area (Å²) in [6.45, 7) is 6.15. The summed E-state index contributed by atoms with van der Waals surface area (Å²) < 4.78 is 0. The Labute approximate surface area is 147 Å². The van der Waals surface area contributed by atoms with Crippen molar-refractivity contribution in [3.05, 3.63) is 42.7 Å². The zero-order chi connectivity index (χ0) is 16.9. The van der Waals surface area contributed by atoms with Gasteiger partial charge in [0.1, 0.15) is 11.0 Å². The number of aromatic nitrogens is 5. The first kappa shape index (κ1) is 16.0. The Morgan fingerprint density at radius 1 is 0.760 bits per heavy atom. The van der Waals surface area contributed by atoms with Gasteiger partial charge in [-0.2, -0.15) is 15.0 Å². The SMILES string of the molecule is c1cnc(N2CCN(CCCCn3nc4ccccc4n3)CC2)nc1. The minimum Gasteiger partial charge on any atom is -0.338 e. The Kier molecular flexibility index (Phi) is 4.83. The molecule has 0 unspecified atom stereocenters. The predicted molar refractivity (Wildman–Crippen MR) is 97.4 cm³/mol. The van der Waals surface area contributed by atoms with Crippen LogP contribution < -0.4 is 4.90 Å². The zero-order valence-electron chi connectivity index (χ0n) is 14.3. The molecule has 2 aromatic heterocycles. The van der Waals surface area contributed by atoms with Gasteiger partial charge in [0.25, 0.3) is 0 Å². The van der Waals surface area contributed by atoms with Gasteiger partial charge in [-0.05, 0) is 37.6 Å². The highest BCUT2D eigenvalue weighted by Crippen LogP contribution is 2.11. The topological polar surface area (TPSA) is 63.0 Å². The summed E-state index contributed by atoms with van der Waals surface area (Å²) in [6, 6.07) is 9.88. The van der Waals surface area contributed by atoms with E-state index in [1.165, 1.54) is 6.42 Å². The van der Waals surface area contributed by atoms with Crippen molar-refractivity contribution < 1.29 is 0 Å². The number of anilines is 1. The van der Waals surface area contributed by atoms with Crippen LogP contribution in [0.5, 0.6) is 0 Å². The standard InChI is InChI=1S/C18H23N7/c1-2-7-17-16(6-1)21-25(22-17)11-4-3-10-23-12-14-24(15-13-23)18-19-8-5-9-20-18/h1-2,5-9H,3-4,10-15H2. The quantitative estimate of drug-likeness (QED) is 0.640. The van der Waals surface area contributed by atoms with E-state index in [4.69, 9.17) is 0 Å². The van der Waals surface area contributed by atoms with E-state index >= 15 is 0 Å². The van der Waals surface area contributed by atoms with Gasteiger partial charge in [0.05, 0.1) is 6.54 Å². The number of unbranched alkanes of at least 4 members (excludes halogenated alkanes) is 1. The lowest BCUT2D eigenvalue weighted by Crippen LogP contribution is -2.47. The average Bonchev–Trinajstić information content (AvgIpc) is 3.09. The van der Waals surface area contributed by atoms with E-state index in [9.17, 15) is 0 Å². The van der Waals surface area contributed by atoms with Gasteiger partial charge in [-0.3, -0.25) is 4.90 Å². The van der Waals surface area contributed by atoms with Crippen LogP contribution in [0.3, 0.4) is 0 Å². The maximum Gasteiger partial charge on any atom is 0.225 e. The molecule has 1 aromatic carbocycles. The van der Waals surface area contributed by atoms with Crippen LogP contribution in [0.4, 0.5) is 5.95 Å². The Morgan fingerprint density at radius 3 is 2.08 bits per heavy atom. The van der Waals surface area contributed by atoms with Crippen LogP contribution in [0, 0.1) is 0 Å². The van der Waals surface area contributed by atoms with Crippen molar-refractivity contribution in [2.24, 2.45) is 0 Å². The molecule has 7 nitrogen and oxygen atoms in total. The van der Waals surface area contributed by atoms with E-state index in [-0.39, 0.29) is 0 Å². The molecule has 3 aromatic rings. The van der Waals surface area contributed by atoms with Crippen LogP contribution in [0.25, 0.3) is 11.0 Å². The van der Waals surface area contributed by atoms with Gasteiger partial charge < -0.3 is 4.90 Å². The molecule has 25 heavy (non-hydrogen) atoms. The summed E-state index contributed by atoms with van der Waals surface area (Å²) in [6.07, 6.45) is 5.88. The monoisotopic (exact) mass is 337 g/mol. The molecular weight excluding hydrogens is 314 g/mol. The normalized spacial score (nSPS) is 15.8. The molecule has 3 heterocycles. The third kappa shape index (κ3) is 3.93. The van der Waals surface area contributed by atoms with Gasteiger partial charge >= 0.3 is 0 Å². The van der Waals surface area contributed by atoms with Gasteiger partial charge in [0.2, 0.25) is 5.95 Å². The van der Waals surface area contributed by atoms with E-state index in [0.29, 0.717) is 0 Å². The van der Waals surface area contributed by atoms with Crippen molar-refractivity contribution in [2.45, 2.75) is 19.4 Å². The third-order valence-corrected chi connectivity index (χ3v) is 4.62. The Hall–Kier alpha value is -2.54. The van der Waals surface area contributed by atoms with Gasteiger partial charge in [-0.1, -0.05) is 12.1 Å². The molecule has 7 heteroatoms. The predicted octanol–water partition coefficient (Wildman–Crippen LogP) is 1.82. The molecule has 1 aliphatic rings. The van der Waals surface area contributed by atoms with Crippen LogP contribution in [-0.2, 0) is 6.54 Å². The van der Waals surface area contributed by atoms with Crippen LogP contribution >= 0.6 is 0 Å². The lowest BCUT2D eigenvalue weighted by molar-refractivity contribution is 0.249. The highest BCUT2D eigenvalue weighted by atomic mass is 15.5. The lowest BCUT2D eigenvalue weighted by Gasteiger charge is -2.34. The van der Waals surface area contributed by atoms with E-state index in [0.717, 1.165) is 62.7 Å². The molecule has 0 N–H and O–H groups in total. The molecule has 1 saturated heterocycles. The number of nitrogens with zero attached hydrogens (tertiary/aromatic N) is 7. The molecule has 0 bridgehead atoms. The summed E-state index contributed by atoms with van der Waals surface area (Å²) in [7, 11) is 0. The van der Waals surface area contributed by atoms with Crippen molar-refractivity contribution in [1.82, 2.24) is 29.9 Å². The second kappa shape index (κ2) is 7.57. The number of hydrogen-bond acceptors (Lipinski definition) is 6. The summed E-state index contributed by atoms with van der Waals surface area (Å²) in [5, 5.41) is 9.02. The van der Waals surface area contributed by atoms with Crippen molar-refractivity contribution in [3.8, 4) is 0 Å². The van der Waals surface area contributed by atoms with Crippen LogP contribution in [0.1, 0.15) is 12.8 Å². The number of rotatable bonds is 6. The van der Waals surface area contributed by atoms with Crippen molar-refractivity contribution in [3.63, 3.8) is 0 Å². The molecule has 1 fully saturated rings. The fourth-order valence-electron chi connectivity index (χ4n) is 3.22. The van der Waals surface area contributed by atoms with Gasteiger partial charge in [-0.25, -0.2) is 9.97 Å². The Morgan fingerprint density at radius 2 is 1.40 bits per heavy atom. The highest BCUT2D eigenvalue weighted by Gasteiger charge is 2.18. The summed E-state index contributed by atoms with van der Waals surface area (Å²) in [5.41, 5.74) is 1.95. The molecule has 0 saturated carbocycles. The summed E-state index contributed by atoms with van der Waals surface area (Å²) in [4.78, 5) is 15.3. The second-order valence-corrected chi connectivity index (χ2v) is 6.37. The number of piperazine rings is 1. The van der Waals surface area contributed by atoms with E-state index in [1.54, 1.807) is 12.4 Å². The average molecular weight is 337 g/mol.